The van der Waals surface area contributed by atoms with Crippen molar-refractivity contribution in [3.8, 4) is 6.07 Å². The number of rotatable bonds is 1. The van der Waals surface area contributed by atoms with Crippen LogP contribution in [0.5, 0.6) is 0 Å². The summed E-state index contributed by atoms with van der Waals surface area (Å²) in [5, 5.41) is 19.0. The summed E-state index contributed by atoms with van der Waals surface area (Å²) < 4.78 is 36.9. The Kier molecular flexibility index (Phi) is 3.09. The Morgan fingerprint density at radius 1 is 1.44 bits per heavy atom. The van der Waals surface area contributed by atoms with E-state index < -0.39 is 27.9 Å². The molecule has 1 aromatic carbocycles. The van der Waals surface area contributed by atoms with Gasteiger partial charge in [-0.25, -0.2) is 0 Å². The van der Waals surface area contributed by atoms with E-state index in [0.29, 0.717) is 12.1 Å². The third kappa shape index (κ3) is 2.25. The summed E-state index contributed by atoms with van der Waals surface area (Å²) >= 11 is 3.62. The number of thiol groups is 1. The van der Waals surface area contributed by atoms with Crippen molar-refractivity contribution in [3.05, 3.63) is 33.4 Å². The van der Waals surface area contributed by atoms with Gasteiger partial charge in [-0.05, 0) is 6.07 Å². The third-order valence-corrected chi connectivity index (χ3v) is 2.09. The molecule has 16 heavy (non-hydrogen) atoms. The van der Waals surface area contributed by atoms with E-state index in [-0.39, 0.29) is 4.90 Å². The monoisotopic (exact) mass is 248 g/mol. The standard InChI is InChI=1S/C8H3F3N2O2S/c9-8(10,11)4-1-6(13(14)15)5(3-12)7(16)2-4/h1-2,16H. The van der Waals surface area contributed by atoms with Crippen LogP contribution < -0.4 is 0 Å². The normalized spacial score (nSPS) is 10.9. The maximum absolute atomic E-state index is 12.3. The molecule has 0 N–H and O–H groups in total. The summed E-state index contributed by atoms with van der Waals surface area (Å²) in [6.45, 7) is 0. The molecule has 8 heteroatoms. The summed E-state index contributed by atoms with van der Waals surface area (Å²) in [6, 6.07) is 2.33. The number of hydrogen-bond acceptors (Lipinski definition) is 4. The first-order valence-electron chi connectivity index (χ1n) is 3.76. The van der Waals surface area contributed by atoms with E-state index >= 15 is 0 Å². The molecule has 0 atom stereocenters. The molecule has 0 aliphatic rings. The van der Waals surface area contributed by atoms with Crippen molar-refractivity contribution in [1.29, 1.82) is 5.26 Å². The summed E-state index contributed by atoms with van der Waals surface area (Å²) in [5.74, 6) is 0. The van der Waals surface area contributed by atoms with Gasteiger partial charge in [0.15, 0.2) is 0 Å². The third-order valence-electron chi connectivity index (χ3n) is 1.73. The molecule has 0 saturated carbocycles. The number of alkyl halides is 3. The van der Waals surface area contributed by atoms with Gasteiger partial charge in [-0.15, -0.1) is 12.6 Å². The number of hydrogen-bond donors (Lipinski definition) is 1. The first-order chi connectivity index (χ1) is 7.27. The molecule has 0 spiro atoms. The Morgan fingerprint density at radius 2 is 2.00 bits per heavy atom. The van der Waals surface area contributed by atoms with E-state index in [9.17, 15) is 23.3 Å². The van der Waals surface area contributed by atoms with E-state index in [1.54, 1.807) is 0 Å². The number of benzene rings is 1. The zero-order valence-electron chi connectivity index (χ0n) is 7.45. The molecule has 0 amide bonds. The van der Waals surface area contributed by atoms with Crippen molar-refractivity contribution < 1.29 is 18.1 Å². The lowest BCUT2D eigenvalue weighted by Crippen LogP contribution is -2.07. The summed E-state index contributed by atoms with van der Waals surface area (Å²) in [5.41, 5.74) is -2.59. The van der Waals surface area contributed by atoms with Gasteiger partial charge in [0, 0.05) is 11.0 Å². The van der Waals surface area contributed by atoms with Gasteiger partial charge in [-0.1, -0.05) is 0 Å². The number of nitrogens with zero attached hydrogens (tertiary/aromatic N) is 2. The minimum Gasteiger partial charge on any atom is -0.258 e. The molecule has 4 nitrogen and oxygen atoms in total. The predicted molar refractivity (Wildman–Crippen MR) is 50.1 cm³/mol. The highest BCUT2D eigenvalue weighted by molar-refractivity contribution is 7.80. The fourth-order valence-corrected chi connectivity index (χ4v) is 1.34. The summed E-state index contributed by atoms with van der Waals surface area (Å²) in [7, 11) is 0. The van der Waals surface area contributed by atoms with Gasteiger partial charge in [0.2, 0.25) is 0 Å². The number of halogens is 3. The Hall–Kier alpha value is -1.75. The highest BCUT2D eigenvalue weighted by Crippen LogP contribution is 2.35. The lowest BCUT2D eigenvalue weighted by atomic mass is 10.1. The highest BCUT2D eigenvalue weighted by atomic mass is 32.1. The summed E-state index contributed by atoms with van der Waals surface area (Å²) in [4.78, 5) is 9.05. The largest absolute Gasteiger partial charge is 0.416 e. The smallest absolute Gasteiger partial charge is 0.258 e. The molecule has 0 aromatic heterocycles. The Bertz CT molecular complexity index is 493. The average Bonchev–Trinajstić information content (AvgIpc) is 2.14. The quantitative estimate of drug-likeness (QED) is 0.472. The second kappa shape index (κ2) is 4.02. The number of nitro benzene ring substituents is 1. The number of nitriles is 1. The topological polar surface area (TPSA) is 66.9 Å². The molecule has 0 aliphatic carbocycles. The van der Waals surface area contributed by atoms with E-state index in [4.69, 9.17) is 5.26 Å². The van der Waals surface area contributed by atoms with Gasteiger partial charge in [0.05, 0.1) is 10.5 Å². The van der Waals surface area contributed by atoms with Crippen LogP contribution in [0.15, 0.2) is 17.0 Å². The van der Waals surface area contributed by atoms with Crippen LogP contribution in [0.2, 0.25) is 0 Å². The number of nitro groups is 1. The molecule has 84 valence electrons. The Labute approximate surface area is 92.9 Å². The SMILES string of the molecule is N#Cc1c(S)cc(C(F)(F)F)cc1[N+](=O)[O-]. The highest BCUT2D eigenvalue weighted by Gasteiger charge is 2.34. The minimum absolute atomic E-state index is 0.318. The van der Waals surface area contributed by atoms with Gasteiger partial charge in [0.1, 0.15) is 11.6 Å². The first kappa shape index (κ1) is 12.3. The van der Waals surface area contributed by atoms with Crippen LogP contribution in [0.3, 0.4) is 0 Å². The molecular weight excluding hydrogens is 245 g/mol. The van der Waals surface area contributed by atoms with Crippen LogP contribution in [0, 0.1) is 21.4 Å². The Balaban J connectivity index is 3.54. The fourth-order valence-electron chi connectivity index (χ4n) is 1.03. The van der Waals surface area contributed by atoms with Crippen LogP contribution in [-0.2, 0) is 6.18 Å². The van der Waals surface area contributed by atoms with E-state index in [1.807, 2.05) is 0 Å². The zero-order valence-corrected chi connectivity index (χ0v) is 8.34. The average molecular weight is 248 g/mol. The molecule has 0 fully saturated rings. The lowest BCUT2D eigenvalue weighted by molar-refractivity contribution is -0.385. The van der Waals surface area contributed by atoms with Crippen LogP contribution in [-0.4, -0.2) is 4.92 Å². The molecule has 1 aromatic rings. The molecule has 0 radical (unpaired) electrons. The maximum Gasteiger partial charge on any atom is 0.416 e. The van der Waals surface area contributed by atoms with Crippen LogP contribution in [0.1, 0.15) is 11.1 Å². The molecule has 0 saturated heterocycles. The van der Waals surface area contributed by atoms with E-state index in [2.05, 4.69) is 12.6 Å². The van der Waals surface area contributed by atoms with Crippen molar-refractivity contribution in [2.45, 2.75) is 11.1 Å². The van der Waals surface area contributed by atoms with Crippen molar-refractivity contribution in [2.24, 2.45) is 0 Å². The van der Waals surface area contributed by atoms with Crippen molar-refractivity contribution in [2.75, 3.05) is 0 Å². The van der Waals surface area contributed by atoms with Gasteiger partial charge in [-0.2, -0.15) is 18.4 Å². The molecular formula is C8H3F3N2O2S. The van der Waals surface area contributed by atoms with Gasteiger partial charge < -0.3 is 0 Å². The molecule has 0 heterocycles. The lowest BCUT2D eigenvalue weighted by Gasteiger charge is -2.08. The van der Waals surface area contributed by atoms with E-state index in [0.717, 1.165) is 0 Å². The molecule has 0 unspecified atom stereocenters. The maximum atomic E-state index is 12.3. The van der Waals surface area contributed by atoms with Crippen molar-refractivity contribution in [3.63, 3.8) is 0 Å². The minimum atomic E-state index is -4.71. The van der Waals surface area contributed by atoms with E-state index in [1.165, 1.54) is 6.07 Å². The Morgan fingerprint density at radius 3 is 2.38 bits per heavy atom. The van der Waals surface area contributed by atoms with Crippen molar-refractivity contribution in [1.82, 2.24) is 0 Å². The van der Waals surface area contributed by atoms with Gasteiger partial charge in [-0.3, -0.25) is 10.1 Å². The van der Waals surface area contributed by atoms with Gasteiger partial charge in [0.25, 0.3) is 5.69 Å². The predicted octanol–water partition coefficient (Wildman–Crippen LogP) is 2.77. The van der Waals surface area contributed by atoms with Gasteiger partial charge >= 0.3 is 6.18 Å². The molecule has 0 aliphatic heterocycles. The second-order valence-electron chi connectivity index (χ2n) is 2.76. The second-order valence-corrected chi connectivity index (χ2v) is 3.24. The summed E-state index contributed by atoms with van der Waals surface area (Å²) in [6.07, 6.45) is -4.71. The first-order valence-corrected chi connectivity index (χ1v) is 4.20. The van der Waals surface area contributed by atoms with Crippen LogP contribution in [0.25, 0.3) is 0 Å². The fraction of sp³-hybridized carbons (Fsp3) is 0.125. The zero-order chi connectivity index (χ0) is 12.5. The van der Waals surface area contributed by atoms with Crippen LogP contribution >= 0.6 is 12.6 Å². The molecule has 1 rings (SSSR count). The molecule has 0 bridgehead atoms. The van der Waals surface area contributed by atoms with Crippen molar-refractivity contribution >= 4 is 18.3 Å². The van der Waals surface area contributed by atoms with Crippen LogP contribution in [0.4, 0.5) is 18.9 Å².